The van der Waals surface area contributed by atoms with Crippen molar-refractivity contribution in [2.24, 2.45) is 5.92 Å². The van der Waals surface area contributed by atoms with E-state index in [0.717, 1.165) is 19.3 Å². The summed E-state index contributed by atoms with van der Waals surface area (Å²) in [6, 6.07) is 1.32. The van der Waals surface area contributed by atoms with Crippen LogP contribution in [0.2, 0.25) is 0 Å². The van der Waals surface area contributed by atoms with Crippen LogP contribution in [0, 0.1) is 5.92 Å². The standard InChI is InChI=1S/C15H26N2O3/c1-10(3-2-4-15(19)20)16-14(18)9-11-7-12-5-6-13(8-11)17-12/h10-13,17H,2-9H2,1H3,(H,16,18)(H,19,20). The Morgan fingerprint density at radius 1 is 1.30 bits per heavy atom. The fraction of sp³-hybridized carbons (Fsp3) is 0.867. The summed E-state index contributed by atoms with van der Waals surface area (Å²) in [6.07, 6.45) is 6.91. The molecular formula is C15H26N2O3. The van der Waals surface area contributed by atoms with Crippen molar-refractivity contribution in [2.75, 3.05) is 0 Å². The second-order valence-electron chi connectivity index (χ2n) is 6.43. The van der Waals surface area contributed by atoms with E-state index in [1.807, 2.05) is 6.92 Å². The van der Waals surface area contributed by atoms with E-state index in [1.54, 1.807) is 0 Å². The number of amides is 1. The van der Waals surface area contributed by atoms with Crippen LogP contribution in [0.4, 0.5) is 0 Å². The molecule has 0 aliphatic carbocycles. The summed E-state index contributed by atoms with van der Waals surface area (Å²) in [4.78, 5) is 22.4. The fourth-order valence-corrected chi connectivity index (χ4v) is 3.57. The summed E-state index contributed by atoms with van der Waals surface area (Å²) in [6.45, 7) is 1.95. The molecule has 0 radical (unpaired) electrons. The molecule has 20 heavy (non-hydrogen) atoms. The van der Waals surface area contributed by atoms with Gasteiger partial charge in [0.1, 0.15) is 0 Å². The maximum Gasteiger partial charge on any atom is 0.303 e. The molecule has 0 aromatic heterocycles. The van der Waals surface area contributed by atoms with Gasteiger partial charge in [0.2, 0.25) is 5.91 Å². The summed E-state index contributed by atoms with van der Waals surface area (Å²) in [5.74, 6) is -0.132. The smallest absolute Gasteiger partial charge is 0.303 e. The van der Waals surface area contributed by atoms with E-state index >= 15 is 0 Å². The van der Waals surface area contributed by atoms with Gasteiger partial charge >= 0.3 is 5.97 Å². The van der Waals surface area contributed by atoms with Gasteiger partial charge in [0, 0.05) is 31.0 Å². The average Bonchev–Trinajstić information content (AvgIpc) is 2.68. The lowest BCUT2D eigenvalue weighted by Crippen LogP contribution is -2.40. The van der Waals surface area contributed by atoms with Crippen molar-refractivity contribution in [3.05, 3.63) is 0 Å². The summed E-state index contributed by atoms with van der Waals surface area (Å²) in [5.41, 5.74) is 0. The molecule has 3 unspecified atom stereocenters. The molecule has 114 valence electrons. The summed E-state index contributed by atoms with van der Waals surface area (Å²) in [7, 11) is 0. The van der Waals surface area contributed by atoms with Gasteiger partial charge < -0.3 is 15.7 Å². The molecule has 1 amide bonds. The molecule has 2 aliphatic rings. The van der Waals surface area contributed by atoms with Crippen LogP contribution in [0.15, 0.2) is 0 Å². The van der Waals surface area contributed by atoms with Gasteiger partial charge in [-0.2, -0.15) is 0 Å². The molecule has 2 heterocycles. The van der Waals surface area contributed by atoms with Crippen molar-refractivity contribution in [3.8, 4) is 0 Å². The SMILES string of the molecule is CC(CCCC(=O)O)NC(=O)CC1CC2CCC(C1)N2. The summed E-state index contributed by atoms with van der Waals surface area (Å²) >= 11 is 0. The largest absolute Gasteiger partial charge is 0.481 e. The number of carbonyl (C=O) groups excluding carboxylic acids is 1. The minimum absolute atomic E-state index is 0.0697. The highest BCUT2D eigenvalue weighted by molar-refractivity contribution is 5.76. The maximum atomic E-state index is 12.0. The highest BCUT2D eigenvalue weighted by Gasteiger charge is 2.34. The number of fused-ring (bicyclic) bond motifs is 2. The molecule has 0 aromatic rings. The molecule has 5 nitrogen and oxygen atoms in total. The average molecular weight is 282 g/mol. The Morgan fingerprint density at radius 3 is 2.55 bits per heavy atom. The van der Waals surface area contributed by atoms with E-state index < -0.39 is 5.97 Å². The van der Waals surface area contributed by atoms with Crippen LogP contribution in [0.3, 0.4) is 0 Å². The Morgan fingerprint density at radius 2 is 1.95 bits per heavy atom. The van der Waals surface area contributed by atoms with Gasteiger partial charge in [0.05, 0.1) is 0 Å². The van der Waals surface area contributed by atoms with Crippen molar-refractivity contribution in [2.45, 2.75) is 76.4 Å². The van der Waals surface area contributed by atoms with Crippen LogP contribution >= 0.6 is 0 Å². The van der Waals surface area contributed by atoms with Crippen molar-refractivity contribution >= 4 is 11.9 Å². The van der Waals surface area contributed by atoms with Gasteiger partial charge in [-0.05, 0) is 51.4 Å². The van der Waals surface area contributed by atoms with E-state index in [9.17, 15) is 9.59 Å². The predicted molar refractivity (Wildman–Crippen MR) is 76.4 cm³/mol. The van der Waals surface area contributed by atoms with Gasteiger partial charge in [-0.25, -0.2) is 0 Å². The van der Waals surface area contributed by atoms with Crippen LogP contribution in [-0.4, -0.2) is 35.1 Å². The van der Waals surface area contributed by atoms with Crippen molar-refractivity contribution in [1.82, 2.24) is 10.6 Å². The molecule has 5 heteroatoms. The topological polar surface area (TPSA) is 78.4 Å². The lowest BCUT2D eigenvalue weighted by molar-refractivity contribution is -0.137. The van der Waals surface area contributed by atoms with Crippen LogP contribution in [0.5, 0.6) is 0 Å². The van der Waals surface area contributed by atoms with E-state index in [0.29, 0.717) is 30.8 Å². The van der Waals surface area contributed by atoms with E-state index in [2.05, 4.69) is 10.6 Å². The Kier molecular flexibility index (Phi) is 5.40. The zero-order valence-corrected chi connectivity index (χ0v) is 12.2. The zero-order valence-electron chi connectivity index (χ0n) is 12.2. The third-order valence-electron chi connectivity index (χ3n) is 4.48. The van der Waals surface area contributed by atoms with Gasteiger partial charge in [-0.3, -0.25) is 9.59 Å². The Hall–Kier alpha value is -1.10. The number of rotatable bonds is 7. The first-order valence-corrected chi connectivity index (χ1v) is 7.80. The first kappa shape index (κ1) is 15.3. The van der Waals surface area contributed by atoms with Crippen LogP contribution in [0.25, 0.3) is 0 Å². The lowest BCUT2D eigenvalue weighted by atomic mass is 9.89. The third-order valence-corrected chi connectivity index (χ3v) is 4.48. The number of carboxylic acid groups (broad SMARTS) is 1. The Bertz CT molecular complexity index is 347. The highest BCUT2D eigenvalue weighted by atomic mass is 16.4. The molecule has 3 N–H and O–H groups in total. The molecular weight excluding hydrogens is 256 g/mol. The van der Waals surface area contributed by atoms with Gasteiger partial charge in [0.15, 0.2) is 0 Å². The van der Waals surface area contributed by atoms with Crippen LogP contribution in [0.1, 0.15) is 58.3 Å². The van der Waals surface area contributed by atoms with Gasteiger partial charge in [0.25, 0.3) is 0 Å². The molecule has 0 saturated carbocycles. The number of nitrogens with one attached hydrogen (secondary N) is 2. The zero-order chi connectivity index (χ0) is 14.5. The van der Waals surface area contributed by atoms with E-state index in [1.165, 1.54) is 12.8 Å². The minimum Gasteiger partial charge on any atom is -0.481 e. The van der Waals surface area contributed by atoms with Crippen LogP contribution in [-0.2, 0) is 9.59 Å². The predicted octanol–water partition coefficient (Wildman–Crippen LogP) is 1.67. The number of hydrogen-bond acceptors (Lipinski definition) is 3. The molecule has 2 rings (SSSR count). The van der Waals surface area contributed by atoms with Gasteiger partial charge in [-0.1, -0.05) is 0 Å². The molecule has 2 saturated heterocycles. The fourth-order valence-electron chi connectivity index (χ4n) is 3.57. The number of piperidine rings is 1. The van der Waals surface area contributed by atoms with Crippen molar-refractivity contribution in [3.63, 3.8) is 0 Å². The minimum atomic E-state index is -0.770. The summed E-state index contributed by atoms with van der Waals surface area (Å²) in [5, 5.41) is 15.2. The number of hydrogen-bond donors (Lipinski definition) is 3. The Balaban J connectivity index is 1.63. The lowest BCUT2D eigenvalue weighted by Gasteiger charge is -2.29. The molecule has 2 bridgehead atoms. The van der Waals surface area contributed by atoms with Gasteiger partial charge in [-0.15, -0.1) is 0 Å². The second kappa shape index (κ2) is 7.07. The first-order valence-electron chi connectivity index (χ1n) is 7.80. The van der Waals surface area contributed by atoms with Crippen LogP contribution < -0.4 is 10.6 Å². The first-order chi connectivity index (χ1) is 9.52. The summed E-state index contributed by atoms with van der Waals surface area (Å²) < 4.78 is 0. The quantitative estimate of drug-likeness (QED) is 0.663. The number of carboxylic acids is 1. The second-order valence-corrected chi connectivity index (χ2v) is 6.43. The van der Waals surface area contributed by atoms with Crippen molar-refractivity contribution in [1.29, 1.82) is 0 Å². The molecule has 0 aromatic carbocycles. The normalized spacial score (nSPS) is 29.9. The third kappa shape index (κ3) is 4.78. The molecule has 2 aliphatic heterocycles. The van der Waals surface area contributed by atoms with E-state index in [4.69, 9.17) is 5.11 Å². The highest BCUT2D eigenvalue weighted by Crippen LogP contribution is 2.32. The molecule has 3 atom stereocenters. The molecule has 2 fully saturated rings. The Labute approximate surface area is 120 Å². The van der Waals surface area contributed by atoms with Crippen molar-refractivity contribution < 1.29 is 14.7 Å². The van der Waals surface area contributed by atoms with E-state index in [-0.39, 0.29) is 18.4 Å². The molecule has 0 spiro atoms. The number of carbonyl (C=O) groups is 2. The monoisotopic (exact) mass is 282 g/mol. The maximum absolute atomic E-state index is 12.0. The number of aliphatic carboxylic acids is 1.